The van der Waals surface area contributed by atoms with E-state index in [1.807, 2.05) is 0 Å². The zero-order chi connectivity index (χ0) is 13.2. The van der Waals surface area contributed by atoms with E-state index in [4.69, 9.17) is 4.74 Å². The Kier molecular flexibility index (Phi) is 1.72. The number of para-hydroxylation sites is 2. The highest BCUT2D eigenvalue weighted by Crippen LogP contribution is 2.64. The molecule has 0 aromatic heterocycles. The molecular formula is C18H15NO. The predicted molar refractivity (Wildman–Crippen MR) is 78.9 cm³/mol. The Morgan fingerprint density at radius 3 is 2.55 bits per heavy atom. The number of nitrogens with one attached hydrogen (secondary N) is 1. The molecule has 0 fully saturated rings. The van der Waals surface area contributed by atoms with Gasteiger partial charge in [-0.2, -0.15) is 0 Å². The Labute approximate surface area is 118 Å². The van der Waals surface area contributed by atoms with Gasteiger partial charge >= 0.3 is 0 Å². The van der Waals surface area contributed by atoms with Gasteiger partial charge in [0.2, 0.25) is 0 Å². The summed E-state index contributed by atoms with van der Waals surface area (Å²) in [6.45, 7) is 0. The molecule has 2 aliphatic heterocycles. The van der Waals surface area contributed by atoms with E-state index in [0.29, 0.717) is 0 Å². The van der Waals surface area contributed by atoms with Crippen molar-refractivity contribution >= 4 is 5.69 Å². The fourth-order valence-electron chi connectivity index (χ4n) is 4.19. The van der Waals surface area contributed by atoms with Gasteiger partial charge in [0.25, 0.3) is 0 Å². The third kappa shape index (κ3) is 0.965. The standard InChI is InChI=1S/C18H15NO/c1-3-9-15-13(7-1)18-12-6-5-11-17(18,19-15)14-8-2-4-10-16(14)20-18/h1-10,19H,11-12H2/t17-,18-/m1/s1. The molecule has 0 radical (unpaired) electrons. The maximum Gasteiger partial charge on any atom is 0.167 e. The van der Waals surface area contributed by atoms with Crippen molar-refractivity contribution in [3.8, 4) is 5.75 Å². The number of hydrogen-bond donors (Lipinski definition) is 1. The number of rotatable bonds is 0. The van der Waals surface area contributed by atoms with Gasteiger partial charge in [0, 0.05) is 23.2 Å². The second kappa shape index (κ2) is 3.26. The monoisotopic (exact) mass is 261 g/mol. The highest BCUT2D eigenvalue weighted by molar-refractivity contribution is 5.70. The van der Waals surface area contributed by atoms with Crippen LogP contribution in [-0.2, 0) is 11.1 Å². The Balaban J connectivity index is 1.86. The summed E-state index contributed by atoms with van der Waals surface area (Å²) in [6, 6.07) is 17.0. The zero-order valence-electron chi connectivity index (χ0n) is 11.1. The van der Waals surface area contributed by atoms with Crippen molar-refractivity contribution in [2.45, 2.75) is 24.0 Å². The summed E-state index contributed by atoms with van der Waals surface area (Å²) < 4.78 is 6.53. The summed E-state index contributed by atoms with van der Waals surface area (Å²) in [5, 5.41) is 3.78. The SMILES string of the molecule is C1=CC[C@]23Oc4ccccc4[C@@]2(C1)Nc1ccccc13. The molecule has 0 bridgehead atoms. The highest BCUT2D eigenvalue weighted by atomic mass is 16.5. The number of benzene rings is 2. The summed E-state index contributed by atoms with van der Waals surface area (Å²) in [5.41, 5.74) is 3.39. The lowest BCUT2D eigenvalue weighted by atomic mass is 9.69. The van der Waals surface area contributed by atoms with Crippen LogP contribution in [0.5, 0.6) is 5.75 Å². The third-order valence-corrected chi connectivity index (χ3v) is 5.03. The molecule has 3 aliphatic rings. The second-order valence-electron chi connectivity index (χ2n) is 5.88. The van der Waals surface area contributed by atoms with Crippen molar-refractivity contribution in [3.05, 3.63) is 71.8 Å². The van der Waals surface area contributed by atoms with Crippen LogP contribution in [0.25, 0.3) is 0 Å². The van der Waals surface area contributed by atoms with Crippen LogP contribution >= 0.6 is 0 Å². The average Bonchev–Trinajstić information content (AvgIpc) is 2.94. The van der Waals surface area contributed by atoms with Crippen LogP contribution in [0.2, 0.25) is 0 Å². The third-order valence-electron chi connectivity index (χ3n) is 5.03. The molecule has 2 aromatic rings. The van der Waals surface area contributed by atoms with Crippen molar-refractivity contribution in [1.29, 1.82) is 0 Å². The lowest BCUT2D eigenvalue weighted by molar-refractivity contribution is 0.0335. The first-order chi connectivity index (χ1) is 9.86. The molecule has 0 amide bonds. The van der Waals surface area contributed by atoms with E-state index >= 15 is 0 Å². The Morgan fingerprint density at radius 1 is 0.850 bits per heavy atom. The van der Waals surface area contributed by atoms with E-state index in [-0.39, 0.29) is 11.1 Å². The molecule has 98 valence electrons. The zero-order valence-corrected chi connectivity index (χ0v) is 11.1. The van der Waals surface area contributed by atoms with Crippen LogP contribution in [0.4, 0.5) is 5.69 Å². The van der Waals surface area contributed by atoms with E-state index in [2.05, 4.69) is 66.0 Å². The minimum atomic E-state index is -0.276. The smallest absolute Gasteiger partial charge is 0.167 e. The predicted octanol–water partition coefficient (Wildman–Crippen LogP) is 3.95. The van der Waals surface area contributed by atoms with Crippen molar-refractivity contribution in [2.75, 3.05) is 5.32 Å². The van der Waals surface area contributed by atoms with E-state index in [1.165, 1.54) is 16.8 Å². The summed E-state index contributed by atoms with van der Waals surface area (Å²) in [7, 11) is 0. The molecule has 2 heterocycles. The Hall–Kier alpha value is -2.22. The topological polar surface area (TPSA) is 21.3 Å². The van der Waals surface area contributed by atoms with E-state index in [1.54, 1.807) is 0 Å². The summed E-state index contributed by atoms with van der Waals surface area (Å²) >= 11 is 0. The Morgan fingerprint density at radius 2 is 1.60 bits per heavy atom. The fourth-order valence-corrected chi connectivity index (χ4v) is 4.19. The molecular weight excluding hydrogens is 246 g/mol. The first-order valence-electron chi connectivity index (χ1n) is 7.17. The largest absolute Gasteiger partial charge is 0.479 e. The molecule has 0 saturated heterocycles. The molecule has 0 unspecified atom stereocenters. The maximum atomic E-state index is 6.53. The first kappa shape index (κ1) is 10.6. The molecule has 2 nitrogen and oxygen atoms in total. The Bertz CT molecular complexity index is 687. The van der Waals surface area contributed by atoms with Gasteiger partial charge in [-0.3, -0.25) is 0 Å². The lowest BCUT2D eigenvalue weighted by Crippen LogP contribution is -2.50. The van der Waals surface area contributed by atoms with Crippen LogP contribution in [0, 0.1) is 0 Å². The molecule has 5 rings (SSSR count). The molecule has 2 aromatic carbocycles. The molecule has 2 heteroatoms. The molecule has 0 saturated carbocycles. The summed E-state index contributed by atoms with van der Waals surface area (Å²) in [4.78, 5) is 0. The van der Waals surface area contributed by atoms with Gasteiger partial charge in [-0.05, 0) is 18.6 Å². The van der Waals surface area contributed by atoms with E-state index < -0.39 is 0 Å². The van der Waals surface area contributed by atoms with E-state index in [9.17, 15) is 0 Å². The van der Waals surface area contributed by atoms with Crippen LogP contribution < -0.4 is 10.1 Å². The van der Waals surface area contributed by atoms with Crippen LogP contribution in [0.1, 0.15) is 24.0 Å². The van der Waals surface area contributed by atoms with Gasteiger partial charge in [0.05, 0.1) is 0 Å². The van der Waals surface area contributed by atoms with E-state index in [0.717, 1.165) is 18.6 Å². The van der Waals surface area contributed by atoms with Gasteiger partial charge in [-0.15, -0.1) is 0 Å². The van der Waals surface area contributed by atoms with Gasteiger partial charge in [-0.25, -0.2) is 0 Å². The molecule has 2 atom stereocenters. The van der Waals surface area contributed by atoms with Gasteiger partial charge in [0.1, 0.15) is 11.3 Å². The quantitative estimate of drug-likeness (QED) is 0.725. The van der Waals surface area contributed by atoms with Crippen molar-refractivity contribution < 1.29 is 4.74 Å². The van der Waals surface area contributed by atoms with Crippen LogP contribution in [-0.4, -0.2) is 0 Å². The fraction of sp³-hybridized carbons (Fsp3) is 0.222. The highest BCUT2D eigenvalue weighted by Gasteiger charge is 2.65. The minimum absolute atomic E-state index is 0.137. The van der Waals surface area contributed by atoms with Gasteiger partial charge in [0.15, 0.2) is 5.60 Å². The average molecular weight is 261 g/mol. The first-order valence-corrected chi connectivity index (χ1v) is 7.17. The maximum absolute atomic E-state index is 6.53. The van der Waals surface area contributed by atoms with Crippen molar-refractivity contribution in [3.63, 3.8) is 0 Å². The number of fused-ring (bicyclic) bond motifs is 2. The lowest BCUT2D eigenvalue weighted by Gasteiger charge is -2.41. The second-order valence-corrected chi connectivity index (χ2v) is 5.88. The number of ether oxygens (including phenoxy) is 1. The molecule has 20 heavy (non-hydrogen) atoms. The van der Waals surface area contributed by atoms with Crippen LogP contribution in [0.15, 0.2) is 60.7 Å². The minimum Gasteiger partial charge on any atom is -0.479 e. The van der Waals surface area contributed by atoms with Gasteiger partial charge < -0.3 is 10.1 Å². The summed E-state index contributed by atoms with van der Waals surface area (Å²) in [5.74, 6) is 1.03. The number of hydrogen-bond acceptors (Lipinski definition) is 2. The molecule has 1 aliphatic carbocycles. The number of anilines is 1. The van der Waals surface area contributed by atoms with Crippen molar-refractivity contribution in [1.82, 2.24) is 0 Å². The van der Waals surface area contributed by atoms with Crippen molar-refractivity contribution in [2.24, 2.45) is 0 Å². The molecule has 0 spiro atoms. The molecule has 1 N–H and O–H groups in total. The summed E-state index contributed by atoms with van der Waals surface area (Å²) in [6.07, 6.45) is 6.43. The van der Waals surface area contributed by atoms with Crippen LogP contribution in [0.3, 0.4) is 0 Å². The normalized spacial score (nSPS) is 31.6. The van der Waals surface area contributed by atoms with Gasteiger partial charge in [-0.1, -0.05) is 48.6 Å².